The number of aryl methyl sites for hydroxylation is 1. The predicted octanol–water partition coefficient (Wildman–Crippen LogP) is 3.13. The van der Waals surface area contributed by atoms with Gasteiger partial charge in [-0.15, -0.1) is 0 Å². The van der Waals surface area contributed by atoms with Crippen molar-refractivity contribution in [2.75, 3.05) is 7.11 Å². The van der Waals surface area contributed by atoms with Gasteiger partial charge in [-0.25, -0.2) is 0 Å². The summed E-state index contributed by atoms with van der Waals surface area (Å²) in [6.45, 7) is 1.91. The molecule has 0 spiro atoms. The summed E-state index contributed by atoms with van der Waals surface area (Å²) in [4.78, 5) is 12.1. The lowest BCUT2D eigenvalue weighted by Gasteiger charge is -2.07. The second kappa shape index (κ2) is 5.57. The van der Waals surface area contributed by atoms with Crippen molar-refractivity contribution < 1.29 is 14.6 Å². The second-order valence-corrected chi connectivity index (χ2v) is 4.45. The van der Waals surface area contributed by atoms with Gasteiger partial charge >= 0.3 is 0 Å². The smallest absolute Gasteiger partial charge is 0.167 e. The van der Waals surface area contributed by atoms with Gasteiger partial charge in [0.2, 0.25) is 0 Å². The summed E-state index contributed by atoms with van der Waals surface area (Å²) in [5.41, 5.74) is 2.50. The van der Waals surface area contributed by atoms with E-state index in [1.807, 2.05) is 13.0 Å². The zero-order valence-electron chi connectivity index (χ0n) is 11.0. The summed E-state index contributed by atoms with van der Waals surface area (Å²) >= 11 is 0. The number of phenolic OH excluding ortho intramolecular Hbond substituents is 1. The van der Waals surface area contributed by atoms with Crippen molar-refractivity contribution in [2.24, 2.45) is 0 Å². The molecule has 1 N–H and O–H groups in total. The summed E-state index contributed by atoms with van der Waals surface area (Å²) in [6, 6.07) is 12.1. The molecule has 0 aliphatic carbocycles. The third-order valence-corrected chi connectivity index (χ3v) is 3.02. The highest BCUT2D eigenvalue weighted by atomic mass is 16.5. The number of benzene rings is 2. The van der Waals surface area contributed by atoms with E-state index in [4.69, 9.17) is 4.74 Å². The minimum Gasteiger partial charge on any atom is -0.508 e. The van der Waals surface area contributed by atoms with Crippen molar-refractivity contribution in [3.63, 3.8) is 0 Å². The van der Waals surface area contributed by atoms with E-state index in [1.54, 1.807) is 43.5 Å². The maximum absolute atomic E-state index is 12.1. The predicted molar refractivity (Wildman–Crippen MR) is 73.9 cm³/mol. The van der Waals surface area contributed by atoms with Crippen LogP contribution in [0.25, 0.3) is 0 Å². The van der Waals surface area contributed by atoms with Crippen molar-refractivity contribution in [2.45, 2.75) is 13.3 Å². The normalized spacial score (nSPS) is 10.2. The van der Waals surface area contributed by atoms with E-state index >= 15 is 0 Å². The fourth-order valence-corrected chi connectivity index (χ4v) is 1.95. The fourth-order valence-electron chi connectivity index (χ4n) is 1.95. The summed E-state index contributed by atoms with van der Waals surface area (Å²) in [5.74, 6) is 1.04. The van der Waals surface area contributed by atoms with Crippen molar-refractivity contribution in [3.8, 4) is 11.5 Å². The van der Waals surface area contributed by atoms with Gasteiger partial charge < -0.3 is 9.84 Å². The maximum Gasteiger partial charge on any atom is 0.167 e. The first-order valence-corrected chi connectivity index (χ1v) is 6.06. The molecule has 0 saturated heterocycles. The van der Waals surface area contributed by atoms with Gasteiger partial charge in [0.25, 0.3) is 0 Å². The maximum atomic E-state index is 12.1. The Morgan fingerprint density at radius 3 is 2.42 bits per heavy atom. The monoisotopic (exact) mass is 256 g/mol. The molecular formula is C16H16O3. The Balaban J connectivity index is 2.16. The number of phenols is 1. The van der Waals surface area contributed by atoms with E-state index in [9.17, 15) is 9.90 Å². The van der Waals surface area contributed by atoms with Gasteiger partial charge in [-0.1, -0.05) is 12.1 Å². The Morgan fingerprint density at radius 1 is 1.16 bits per heavy atom. The minimum atomic E-state index is 0.0523. The van der Waals surface area contributed by atoms with Crippen LogP contribution < -0.4 is 4.74 Å². The highest BCUT2D eigenvalue weighted by Crippen LogP contribution is 2.20. The Morgan fingerprint density at radius 2 is 1.84 bits per heavy atom. The molecule has 0 aliphatic rings. The van der Waals surface area contributed by atoms with E-state index in [0.29, 0.717) is 12.0 Å². The SMILES string of the molecule is COc1ccc(C(=O)Cc2ccc(O)cc2)cc1C. The number of hydrogen-bond acceptors (Lipinski definition) is 3. The first kappa shape index (κ1) is 13.1. The van der Waals surface area contributed by atoms with Gasteiger partial charge in [0.15, 0.2) is 5.78 Å². The topological polar surface area (TPSA) is 46.5 Å². The number of ketones is 1. The van der Waals surface area contributed by atoms with Gasteiger partial charge in [-0.2, -0.15) is 0 Å². The van der Waals surface area contributed by atoms with Crippen LogP contribution in [0.5, 0.6) is 11.5 Å². The zero-order chi connectivity index (χ0) is 13.8. The van der Waals surface area contributed by atoms with Gasteiger partial charge in [-0.3, -0.25) is 4.79 Å². The lowest BCUT2D eigenvalue weighted by Crippen LogP contribution is -2.04. The quantitative estimate of drug-likeness (QED) is 0.855. The van der Waals surface area contributed by atoms with Gasteiger partial charge in [0.1, 0.15) is 11.5 Å². The summed E-state index contributed by atoms with van der Waals surface area (Å²) in [6.07, 6.45) is 0.325. The number of Topliss-reactive ketones (excluding diaryl/α,β-unsaturated/α-hetero) is 1. The minimum absolute atomic E-state index is 0.0523. The first-order valence-electron chi connectivity index (χ1n) is 6.06. The van der Waals surface area contributed by atoms with Crippen molar-refractivity contribution in [1.82, 2.24) is 0 Å². The molecule has 2 aromatic rings. The van der Waals surface area contributed by atoms with Crippen LogP contribution in [-0.4, -0.2) is 18.0 Å². The third-order valence-electron chi connectivity index (χ3n) is 3.02. The van der Waals surface area contributed by atoms with Crippen LogP contribution in [0.15, 0.2) is 42.5 Å². The van der Waals surface area contributed by atoms with E-state index < -0.39 is 0 Å². The highest BCUT2D eigenvalue weighted by Gasteiger charge is 2.09. The molecule has 0 saturated carbocycles. The third kappa shape index (κ3) is 3.13. The molecule has 0 radical (unpaired) electrons. The standard InChI is InChI=1S/C16H16O3/c1-11-9-13(5-8-16(11)19-2)15(18)10-12-3-6-14(17)7-4-12/h3-9,17H,10H2,1-2H3. The lowest BCUT2D eigenvalue weighted by atomic mass is 10.0. The Labute approximate surface area is 112 Å². The molecule has 3 heteroatoms. The van der Waals surface area contributed by atoms with E-state index in [0.717, 1.165) is 16.9 Å². The van der Waals surface area contributed by atoms with E-state index in [1.165, 1.54) is 0 Å². The van der Waals surface area contributed by atoms with Crippen LogP contribution >= 0.6 is 0 Å². The number of aromatic hydroxyl groups is 1. The van der Waals surface area contributed by atoms with Gasteiger partial charge in [-0.05, 0) is 48.4 Å². The first-order chi connectivity index (χ1) is 9.10. The van der Waals surface area contributed by atoms with Gasteiger partial charge in [0.05, 0.1) is 7.11 Å². The van der Waals surface area contributed by atoms with Crippen LogP contribution in [-0.2, 0) is 6.42 Å². The zero-order valence-corrected chi connectivity index (χ0v) is 11.0. The number of rotatable bonds is 4. The molecule has 0 heterocycles. The Bertz CT molecular complexity index is 585. The molecule has 98 valence electrons. The number of carbonyl (C=O) groups is 1. The molecule has 2 aromatic carbocycles. The molecule has 0 aromatic heterocycles. The number of carbonyl (C=O) groups excluding carboxylic acids is 1. The molecule has 19 heavy (non-hydrogen) atoms. The molecule has 2 rings (SSSR count). The molecule has 0 aliphatic heterocycles. The van der Waals surface area contributed by atoms with Crippen molar-refractivity contribution in [1.29, 1.82) is 0 Å². The molecule has 0 unspecified atom stereocenters. The molecule has 0 fully saturated rings. The van der Waals surface area contributed by atoms with Gasteiger partial charge in [0, 0.05) is 12.0 Å². The largest absolute Gasteiger partial charge is 0.508 e. The highest BCUT2D eigenvalue weighted by molar-refractivity contribution is 5.97. The molecular weight excluding hydrogens is 240 g/mol. The summed E-state index contributed by atoms with van der Waals surface area (Å²) < 4.78 is 5.17. The Kier molecular flexibility index (Phi) is 3.85. The van der Waals surface area contributed by atoms with Crippen LogP contribution in [0, 0.1) is 6.92 Å². The second-order valence-electron chi connectivity index (χ2n) is 4.45. The Hall–Kier alpha value is -2.29. The van der Waals surface area contributed by atoms with Crippen LogP contribution in [0.4, 0.5) is 0 Å². The summed E-state index contributed by atoms with van der Waals surface area (Å²) in [7, 11) is 1.61. The summed E-state index contributed by atoms with van der Waals surface area (Å²) in [5, 5.41) is 9.20. The van der Waals surface area contributed by atoms with Crippen molar-refractivity contribution >= 4 is 5.78 Å². The number of ether oxygens (including phenoxy) is 1. The average molecular weight is 256 g/mol. The van der Waals surface area contributed by atoms with E-state index in [-0.39, 0.29) is 11.5 Å². The molecule has 0 amide bonds. The van der Waals surface area contributed by atoms with Crippen LogP contribution in [0.3, 0.4) is 0 Å². The van der Waals surface area contributed by atoms with Crippen LogP contribution in [0.2, 0.25) is 0 Å². The average Bonchev–Trinajstić information content (AvgIpc) is 2.41. The number of methoxy groups -OCH3 is 1. The molecule has 3 nitrogen and oxygen atoms in total. The lowest BCUT2D eigenvalue weighted by molar-refractivity contribution is 0.0993. The number of hydrogen-bond donors (Lipinski definition) is 1. The van der Waals surface area contributed by atoms with E-state index in [2.05, 4.69) is 0 Å². The molecule has 0 bridgehead atoms. The van der Waals surface area contributed by atoms with Crippen LogP contribution in [0.1, 0.15) is 21.5 Å². The molecule has 0 atom stereocenters. The van der Waals surface area contributed by atoms with Crippen molar-refractivity contribution in [3.05, 3.63) is 59.2 Å². The fraction of sp³-hybridized carbons (Fsp3) is 0.188.